The summed E-state index contributed by atoms with van der Waals surface area (Å²) < 4.78 is 0. The van der Waals surface area contributed by atoms with E-state index in [1.807, 2.05) is 37.0 Å². The van der Waals surface area contributed by atoms with Crippen molar-refractivity contribution in [3.8, 4) is 0 Å². The van der Waals surface area contributed by atoms with Gasteiger partial charge >= 0.3 is 0 Å². The number of thioether (sulfide) groups is 1. The Morgan fingerprint density at radius 2 is 2.14 bits per heavy atom. The van der Waals surface area contributed by atoms with Gasteiger partial charge in [0.1, 0.15) is 5.54 Å². The molecule has 6 heteroatoms. The fraction of sp³-hybridized carbons (Fsp3) is 0.636. The largest absolute Gasteiger partial charge is 0.356 e. The summed E-state index contributed by atoms with van der Waals surface area (Å²) in [5, 5.41) is 3.16. The van der Waals surface area contributed by atoms with Crippen LogP contribution in [0.1, 0.15) is 44.6 Å². The molecule has 1 N–H and O–H groups in total. The maximum absolute atomic E-state index is 13.6. The summed E-state index contributed by atoms with van der Waals surface area (Å²) in [4.78, 5) is 31.0. The standard InChI is InChI=1S/C22H31N3O2S/c1-3-13-28-14-7-11-23-20(26)18-15-16-8-6-12-25(16)22(18)17-9-4-5-10-19(17)24(2)21(22)27/h4-5,9-10,16,18H,3,6-8,11-15H2,1-2H3,(H,23,26). The van der Waals surface area contributed by atoms with Gasteiger partial charge in [0.2, 0.25) is 5.91 Å². The minimum absolute atomic E-state index is 0.0494. The number of amides is 2. The maximum Gasteiger partial charge on any atom is 0.252 e. The van der Waals surface area contributed by atoms with Crippen LogP contribution in [-0.4, -0.2) is 54.4 Å². The Labute approximate surface area is 172 Å². The lowest BCUT2D eigenvalue weighted by atomic mass is 9.78. The third kappa shape index (κ3) is 2.96. The molecule has 3 heterocycles. The van der Waals surface area contributed by atoms with Crippen molar-refractivity contribution in [1.82, 2.24) is 10.2 Å². The molecule has 1 spiro atoms. The molecule has 28 heavy (non-hydrogen) atoms. The first kappa shape index (κ1) is 19.8. The van der Waals surface area contributed by atoms with Crippen molar-refractivity contribution in [3.05, 3.63) is 29.8 Å². The van der Waals surface area contributed by atoms with Crippen molar-refractivity contribution in [2.45, 2.75) is 50.6 Å². The lowest BCUT2D eigenvalue weighted by Crippen LogP contribution is -2.55. The molecular weight excluding hydrogens is 370 g/mol. The predicted molar refractivity (Wildman–Crippen MR) is 115 cm³/mol. The van der Waals surface area contributed by atoms with Gasteiger partial charge in [0, 0.05) is 30.9 Å². The number of benzene rings is 1. The van der Waals surface area contributed by atoms with E-state index in [4.69, 9.17) is 0 Å². The molecule has 3 aliphatic rings. The highest BCUT2D eigenvalue weighted by molar-refractivity contribution is 7.99. The first-order chi connectivity index (χ1) is 13.6. The van der Waals surface area contributed by atoms with Gasteiger partial charge in [-0.15, -0.1) is 0 Å². The van der Waals surface area contributed by atoms with Gasteiger partial charge in [0.05, 0.1) is 5.92 Å². The highest BCUT2D eigenvalue weighted by Crippen LogP contribution is 2.56. The highest BCUT2D eigenvalue weighted by atomic mass is 32.2. The maximum atomic E-state index is 13.6. The van der Waals surface area contributed by atoms with Crippen LogP contribution in [0.5, 0.6) is 0 Å². The van der Waals surface area contributed by atoms with Crippen LogP contribution in [0.25, 0.3) is 0 Å². The molecule has 1 aromatic rings. The second-order valence-electron chi connectivity index (χ2n) is 8.18. The first-order valence-electron chi connectivity index (χ1n) is 10.6. The topological polar surface area (TPSA) is 52.7 Å². The molecule has 0 radical (unpaired) electrons. The zero-order valence-corrected chi connectivity index (χ0v) is 17.8. The molecule has 2 saturated heterocycles. The first-order valence-corrected chi connectivity index (χ1v) is 11.8. The van der Waals surface area contributed by atoms with Crippen LogP contribution in [0, 0.1) is 5.92 Å². The van der Waals surface area contributed by atoms with E-state index < -0.39 is 5.54 Å². The third-order valence-corrected chi connectivity index (χ3v) is 7.85. The van der Waals surface area contributed by atoms with Crippen LogP contribution in [0.4, 0.5) is 5.69 Å². The van der Waals surface area contributed by atoms with Crippen LogP contribution in [0.2, 0.25) is 0 Å². The summed E-state index contributed by atoms with van der Waals surface area (Å²) in [5.74, 6) is 2.06. The van der Waals surface area contributed by atoms with Crippen LogP contribution in [-0.2, 0) is 15.1 Å². The number of para-hydroxylation sites is 1. The Hall–Kier alpha value is -1.53. The molecule has 3 atom stereocenters. The number of hydrogen-bond acceptors (Lipinski definition) is 4. The summed E-state index contributed by atoms with van der Waals surface area (Å²) in [5.41, 5.74) is 1.16. The average molecular weight is 402 g/mol. The van der Waals surface area contributed by atoms with Crippen molar-refractivity contribution in [2.24, 2.45) is 5.92 Å². The Morgan fingerprint density at radius 3 is 2.96 bits per heavy atom. The smallest absolute Gasteiger partial charge is 0.252 e. The van der Waals surface area contributed by atoms with Gasteiger partial charge in [-0.05, 0) is 56.2 Å². The van der Waals surface area contributed by atoms with E-state index in [-0.39, 0.29) is 17.7 Å². The monoisotopic (exact) mass is 401 g/mol. The van der Waals surface area contributed by atoms with Gasteiger partial charge in [-0.1, -0.05) is 25.1 Å². The number of nitrogens with zero attached hydrogens (tertiary/aromatic N) is 2. The van der Waals surface area contributed by atoms with Crippen molar-refractivity contribution < 1.29 is 9.59 Å². The molecule has 2 fully saturated rings. The zero-order valence-electron chi connectivity index (χ0n) is 16.9. The second-order valence-corrected chi connectivity index (χ2v) is 9.41. The molecule has 2 amide bonds. The third-order valence-electron chi connectivity index (χ3n) is 6.58. The summed E-state index contributed by atoms with van der Waals surface area (Å²) in [6.45, 7) is 3.78. The highest BCUT2D eigenvalue weighted by Gasteiger charge is 2.66. The van der Waals surface area contributed by atoms with Crippen molar-refractivity contribution in [2.75, 3.05) is 36.5 Å². The molecule has 1 aromatic carbocycles. The molecule has 3 aliphatic heterocycles. The van der Waals surface area contributed by atoms with Gasteiger partial charge in [-0.25, -0.2) is 0 Å². The van der Waals surface area contributed by atoms with Gasteiger partial charge < -0.3 is 10.2 Å². The SMILES string of the molecule is CCCSCCCNC(=O)C1CC2CCCN2C12C(=O)N(C)c1ccccc12. The lowest BCUT2D eigenvalue weighted by Gasteiger charge is -2.37. The van der Waals surface area contributed by atoms with E-state index in [1.54, 1.807) is 4.90 Å². The van der Waals surface area contributed by atoms with E-state index >= 15 is 0 Å². The van der Waals surface area contributed by atoms with E-state index in [0.717, 1.165) is 49.2 Å². The molecule has 152 valence electrons. The fourth-order valence-electron chi connectivity index (χ4n) is 5.42. The lowest BCUT2D eigenvalue weighted by molar-refractivity contribution is -0.138. The minimum Gasteiger partial charge on any atom is -0.356 e. The summed E-state index contributed by atoms with van der Waals surface area (Å²) >= 11 is 1.94. The molecular formula is C22H31N3O2S. The molecule has 0 saturated carbocycles. The van der Waals surface area contributed by atoms with Crippen LogP contribution in [0.15, 0.2) is 24.3 Å². The zero-order chi connectivity index (χ0) is 19.7. The van der Waals surface area contributed by atoms with E-state index in [2.05, 4.69) is 23.2 Å². The van der Waals surface area contributed by atoms with E-state index in [0.29, 0.717) is 12.6 Å². The minimum atomic E-state index is -0.812. The summed E-state index contributed by atoms with van der Waals surface area (Å²) in [7, 11) is 1.85. The molecule has 5 nitrogen and oxygen atoms in total. The summed E-state index contributed by atoms with van der Waals surface area (Å²) in [6, 6.07) is 8.36. The molecule has 0 aliphatic carbocycles. The van der Waals surface area contributed by atoms with E-state index in [1.165, 1.54) is 12.2 Å². The number of anilines is 1. The van der Waals surface area contributed by atoms with Gasteiger partial charge in [0.25, 0.3) is 5.91 Å². The van der Waals surface area contributed by atoms with Crippen molar-refractivity contribution in [3.63, 3.8) is 0 Å². The van der Waals surface area contributed by atoms with Gasteiger partial charge in [-0.2, -0.15) is 11.8 Å². The summed E-state index contributed by atoms with van der Waals surface area (Å²) in [6.07, 6.45) is 5.14. The van der Waals surface area contributed by atoms with E-state index in [9.17, 15) is 9.59 Å². The van der Waals surface area contributed by atoms with Crippen LogP contribution >= 0.6 is 11.8 Å². The number of likely N-dealkylation sites (N-methyl/N-ethyl adjacent to an activating group) is 1. The number of fused-ring (bicyclic) bond motifs is 4. The van der Waals surface area contributed by atoms with Crippen molar-refractivity contribution >= 4 is 29.3 Å². The Kier molecular flexibility index (Phi) is 5.70. The second kappa shape index (κ2) is 8.07. The number of nitrogens with one attached hydrogen (secondary N) is 1. The number of carbonyl (C=O) groups is 2. The predicted octanol–water partition coefficient (Wildman–Crippen LogP) is 2.99. The molecule has 0 bridgehead atoms. The molecule has 0 aromatic heterocycles. The van der Waals surface area contributed by atoms with Crippen LogP contribution in [0.3, 0.4) is 0 Å². The van der Waals surface area contributed by atoms with Gasteiger partial charge in [-0.3, -0.25) is 14.5 Å². The average Bonchev–Trinajstić information content (AvgIpc) is 3.35. The number of carbonyl (C=O) groups excluding carboxylic acids is 2. The number of rotatable bonds is 7. The van der Waals surface area contributed by atoms with Gasteiger partial charge in [0.15, 0.2) is 0 Å². The number of hydrogen-bond donors (Lipinski definition) is 1. The normalized spacial score (nSPS) is 28.8. The molecule has 3 unspecified atom stereocenters. The Balaban J connectivity index is 1.57. The Bertz CT molecular complexity index is 755. The molecule has 4 rings (SSSR count). The fourth-order valence-corrected chi connectivity index (χ4v) is 6.26. The van der Waals surface area contributed by atoms with Crippen molar-refractivity contribution in [1.29, 1.82) is 0 Å². The Morgan fingerprint density at radius 1 is 1.32 bits per heavy atom. The quantitative estimate of drug-likeness (QED) is 0.714. The van der Waals surface area contributed by atoms with Crippen LogP contribution < -0.4 is 10.2 Å².